The number of ether oxygens (including phenoxy) is 1. The van der Waals surface area contributed by atoms with Gasteiger partial charge in [-0.1, -0.05) is 25.3 Å². The molecule has 0 unspecified atom stereocenters. The lowest BCUT2D eigenvalue weighted by atomic mass is 10.2. The minimum absolute atomic E-state index is 0.235. The molecule has 0 saturated carbocycles. The van der Waals surface area contributed by atoms with E-state index in [0.717, 1.165) is 0 Å². The van der Waals surface area contributed by atoms with Crippen molar-refractivity contribution in [1.82, 2.24) is 0 Å². The molecule has 0 aliphatic heterocycles. The molecule has 2 nitrogen and oxygen atoms in total. The Bertz CT molecular complexity index is 135. The molecule has 3 heteroatoms. The maximum Gasteiger partial charge on any atom is 0.322 e. The summed E-state index contributed by atoms with van der Waals surface area (Å²) in [6.45, 7) is 6.90. The van der Waals surface area contributed by atoms with Gasteiger partial charge in [0.15, 0.2) is 0 Å². The third kappa shape index (κ3) is 3.56. The first-order valence-corrected chi connectivity index (χ1v) is 3.38. The zero-order valence-electron chi connectivity index (χ0n) is 6.22. The second kappa shape index (κ2) is 3.66. The van der Waals surface area contributed by atoms with Gasteiger partial charge in [0.2, 0.25) is 0 Å². The molecule has 0 saturated heterocycles. The molecule has 0 heterocycles. The summed E-state index contributed by atoms with van der Waals surface area (Å²) in [5.74, 6) is -0.373. The molecular weight excluding hydrogens is 148 g/mol. The van der Waals surface area contributed by atoms with Gasteiger partial charge in [-0.05, 0) is 13.8 Å². The molecule has 0 aliphatic rings. The zero-order chi connectivity index (χ0) is 8.20. The van der Waals surface area contributed by atoms with Crippen molar-refractivity contribution in [2.75, 3.05) is 6.61 Å². The highest BCUT2D eigenvalue weighted by molar-refractivity contribution is 7.82. The summed E-state index contributed by atoms with van der Waals surface area (Å²) in [6, 6.07) is 0. The molecule has 0 spiro atoms. The van der Waals surface area contributed by atoms with Gasteiger partial charge in [-0.15, -0.1) is 0 Å². The Morgan fingerprint density at radius 3 is 2.60 bits per heavy atom. The lowest BCUT2D eigenvalue weighted by Gasteiger charge is -2.13. The molecule has 0 atom stereocenters. The Balaban J connectivity index is 3.74. The summed E-state index contributed by atoms with van der Waals surface area (Å²) < 4.78 is 3.88. The van der Waals surface area contributed by atoms with Crippen LogP contribution in [0.4, 0.5) is 0 Å². The summed E-state index contributed by atoms with van der Waals surface area (Å²) in [7, 11) is 0. The monoisotopic (exact) mass is 159 g/mol. The van der Waals surface area contributed by atoms with Crippen molar-refractivity contribution < 1.29 is 9.53 Å². The Hall–Kier alpha value is -0.440. The molecule has 0 aliphatic carbocycles. The first-order valence-electron chi connectivity index (χ1n) is 2.97. The Morgan fingerprint density at radius 2 is 2.30 bits per heavy atom. The largest absolute Gasteiger partial charge is 0.460 e. The van der Waals surface area contributed by atoms with Gasteiger partial charge in [0, 0.05) is 0 Å². The third-order valence-corrected chi connectivity index (χ3v) is 0.991. The van der Waals surface area contributed by atoms with Gasteiger partial charge in [0.25, 0.3) is 0 Å². The van der Waals surface area contributed by atoms with Gasteiger partial charge >= 0.3 is 5.97 Å². The van der Waals surface area contributed by atoms with Crippen molar-refractivity contribution in [2.45, 2.75) is 18.6 Å². The molecule has 0 rings (SSSR count). The molecule has 0 N–H and O–H groups in total. The zero-order valence-corrected chi connectivity index (χ0v) is 7.03. The fourth-order valence-corrected chi connectivity index (χ4v) is 0.367. The summed E-state index contributed by atoms with van der Waals surface area (Å²) in [6.07, 6.45) is 1.51. The van der Waals surface area contributed by atoms with Crippen molar-refractivity contribution in [2.24, 2.45) is 0 Å². The normalized spacial score (nSPS) is 10.7. The van der Waals surface area contributed by atoms with Crippen LogP contribution in [0.2, 0.25) is 0 Å². The fraction of sp³-hybridized carbons (Fsp3) is 0.571. The molecule has 1 radical (unpaired) electrons. The standard InChI is InChI=1S/C7H11O2S/c1-4-5-9-6(8)7(2,3)10/h4H,1,5H2,2-3H3. The first-order chi connectivity index (χ1) is 4.48. The lowest BCUT2D eigenvalue weighted by molar-refractivity contribution is -0.144. The average Bonchev–Trinajstić information content (AvgIpc) is 1.80. The number of carbonyl (C=O) groups excluding carboxylic acids is 1. The van der Waals surface area contributed by atoms with Gasteiger partial charge in [0.1, 0.15) is 11.4 Å². The van der Waals surface area contributed by atoms with Crippen LogP contribution in [0.3, 0.4) is 0 Å². The molecule has 0 fully saturated rings. The van der Waals surface area contributed by atoms with E-state index in [4.69, 9.17) is 17.4 Å². The molecule has 0 aromatic carbocycles. The van der Waals surface area contributed by atoms with E-state index in [-0.39, 0.29) is 12.6 Å². The SMILES string of the molecule is C=CCOC(=O)C(C)(C)[S]. The quantitative estimate of drug-likeness (QED) is 0.462. The summed E-state index contributed by atoms with van der Waals surface area (Å²) in [5, 5.41) is 0. The second-order valence-corrected chi connectivity index (χ2v) is 3.42. The van der Waals surface area contributed by atoms with Crippen LogP contribution in [-0.4, -0.2) is 17.3 Å². The van der Waals surface area contributed by atoms with Crippen molar-refractivity contribution >= 4 is 18.6 Å². The molecule has 0 aromatic rings. The van der Waals surface area contributed by atoms with Gasteiger partial charge in [-0.2, -0.15) is 0 Å². The fourth-order valence-electron chi connectivity index (χ4n) is 0.308. The average molecular weight is 159 g/mol. The van der Waals surface area contributed by atoms with Crippen molar-refractivity contribution in [3.8, 4) is 0 Å². The van der Waals surface area contributed by atoms with Crippen LogP contribution in [0.15, 0.2) is 12.7 Å². The second-order valence-electron chi connectivity index (χ2n) is 2.40. The minimum atomic E-state index is -0.816. The Kier molecular flexibility index (Phi) is 3.50. The van der Waals surface area contributed by atoms with E-state index >= 15 is 0 Å². The smallest absolute Gasteiger partial charge is 0.322 e. The van der Waals surface area contributed by atoms with Gasteiger partial charge < -0.3 is 4.74 Å². The van der Waals surface area contributed by atoms with E-state index in [2.05, 4.69) is 6.58 Å². The van der Waals surface area contributed by atoms with E-state index in [1.807, 2.05) is 0 Å². The van der Waals surface area contributed by atoms with Crippen molar-refractivity contribution in [3.05, 3.63) is 12.7 Å². The highest BCUT2D eigenvalue weighted by atomic mass is 32.1. The van der Waals surface area contributed by atoms with Gasteiger partial charge in [-0.25, -0.2) is 0 Å². The molecular formula is C7H11O2S. The molecule has 0 aromatic heterocycles. The number of esters is 1. The van der Waals surface area contributed by atoms with E-state index in [9.17, 15) is 4.79 Å². The van der Waals surface area contributed by atoms with Crippen molar-refractivity contribution in [1.29, 1.82) is 0 Å². The van der Waals surface area contributed by atoms with Crippen LogP contribution in [-0.2, 0) is 9.53 Å². The predicted molar refractivity (Wildman–Crippen MR) is 42.8 cm³/mol. The van der Waals surface area contributed by atoms with E-state index in [1.54, 1.807) is 13.8 Å². The summed E-state index contributed by atoms with van der Waals surface area (Å²) >= 11 is 4.81. The Morgan fingerprint density at radius 1 is 1.80 bits per heavy atom. The van der Waals surface area contributed by atoms with E-state index in [0.29, 0.717) is 0 Å². The van der Waals surface area contributed by atoms with Crippen molar-refractivity contribution in [3.63, 3.8) is 0 Å². The highest BCUT2D eigenvalue weighted by Gasteiger charge is 2.24. The van der Waals surface area contributed by atoms with Crippen LogP contribution >= 0.6 is 12.6 Å². The van der Waals surface area contributed by atoms with Crippen LogP contribution in [0.1, 0.15) is 13.8 Å². The topological polar surface area (TPSA) is 26.3 Å². The predicted octanol–water partition coefficient (Wildman–Crippen LogP) is 1.69. The van der Waals surface area contributed by atoms with Crippen LogP contribution in [0.25, 0.3) is 0 Å². The summed E-state index contributed by atoms with van der Waals surface area (Å²) in [5.41, 5.74) is 0. The summed E-state index contributed by atoms with van der Waals surface area (Å²) in [4.78, 5) is 10.8. The molecule has 0 bridgehead atoms. The van der Waals surface area contributed by atoms with Gasteiger partial charge in [-0.3, -0.25) is 4.79 Å². The molecule has 0 amide bonds. The van der Waals surface area contributed by atoms with Crippen LogP contribution in [0, 0.1) is 0 Å². The highest BCUT2D eigenvalue weighted by Crippen LogP contribution is 2.13. The van der Waals surface area contributed by atoms with E-state index < -0.39 is 4.75 Å². The lowest BCUT2D eigenvalue weighted by Crippen LogP contribution is -2.27. The maximum atomic E-state index is 10.8. The van der Waals surface area contributed by atoms with Crippen LogP contribution in [0.5, 0.6) is 0 Å². The number of rotatable bonds is 3. The first kappa shape index (κ1) is 9.56. The van der Waals surface area contributed by atoms with Crippen LogP contribution < -0.4 is 0 Å². The maximum absolute atomic E-state index is 10.8. The Labute approximate surface area is 66.7 Å². The number of carbonyl (C=O) groups is 1. The number of hydrogen-bond donors (Lipinski definition) is 0. The minimum Gasteiger partial charge on any atom is -0.460 e. The van der Waals surface area contributed by atoms with Gasteiger partial charge in [0.05, 0.1) is 0 Å². The van der Waals surface area contributed by atoms with E-state index in [1.165, 1.54) is 6.08 Å². The molecule has 10 heavy (non-hydrogen) atoms. The third-order valence-electron chi connectivity index (χ3n) is 0.824. The number of hydrogen-bond acceptors (Lipinski definition) is 2. The molecule has 57 valence electrons.